The summed E-state index contributed by atoms with van der Waals surface area (Å²) in [4.78, 5) is 17.6. The molecule has 0 aliphatic heterocycles. The average Bonchev–Trinajstić information content (AvgIpc) is 2.47. The second-order valence-electron chi connectivity index (χ2n) is 2.18. The maximum Gasteiger partial charge on any atom is 0.346 e. The summed E-state index contributed by atoms with van der Waals surface area (Å²) in [6.07, 6.45) is 5.04. The lowest BCUT2D eigenvalue weighted by molar-refractivity contribution is 0.770. The van der Waals surface area contributed by atoms with Gasteiger partial charge in [-0.3, -0.25) is 0 Å². The van der Waals surface area contributed by atoms with Crippen molar-refractivity contribution in [3.63, 3.8) is 0 Å². The van der Waals surface area contributed by atoms with Crippen molar-refractivity contribution in [1.82, 2.24) is 19.6 Å². The van der Waals surface area contributed by atoms with E-state index in [-0.39, 0.29) is 5.69 Å². The topological polar surface area (TPSA) is 63.0 Å². The van der Waals surface area contributed by atoms with Crippen LogP contribution in [0, 0.1) is 0 Å². The molecule has 0 amide bonds. The first-order valence-corrected chi connectivity index (χ1v) is 4.51. The lowest BCUT2D eigenvalue weighted by Gasteiger charge is -1.93. The number of aromatic amines is 1. The van der Waals surface area contributed by atoms with Gasteiger partial charge in [0, 0.05) is 6.20 Å². The Bertz CT molecular complexity index is 460. The Balaban J connectivity index is 2.80. The number of rotatable bonds is 1. The van der Waals surface area contributed by atoms with Crippen LogP contribution >= 0.6 is 11.8 Å². The van der Waals surface area contributed by atoms with Crippen LogP contribution in [0.15, 0.2) is 22.3 Å². The van der Waals surface area contributed by atoms with Gasteiger partial charge in [0.15, 0.2) is 0 Å². The van der Waals surface area contributed by atoms with Crippen molar-refractivity contribution < 1.29 is 0 Å². The SMILES string of the molecule is CSc1ncc2c[nH]c(=O)n2n1. The molecule has 0 saturated carbocycles. The van der Waals surface area contributed by atoms with E-state index in [1.807, 2.05) is 6.26 Å². The lowest BCUT2D eigenvalue weighted by atomic mass is 10.6. The monoisotopic (exact) mass is 182 g/mol. The highest BCUT2D eigenvalue weighted by Gasteiger charge is 2.00. The Morgan fingerprint density at radius 3 is 3.25 bits per heavy atom. The number of fused-ring (bicyclic) bond motifs is 1. The van der Waals surface area contributed by atoms with Crippen LogP contribution in [-0.4, -0.2) is 25.8 Å². The van der Waals surface area contributed by atoms with Crippen molar-refractivity contribution in [3.8, 4) is 0 Å². The van der Waals surface area contributed by atoms with Gasteiger partial charge in [0.2, 0.25) is 5.16 Å². The molecule has 2 heterocycles. The standard InChI is InChI=1S/C6H6N4OS/c1-12-5-7-2-4-3-8-6(11)10(4)9-5/h2-3H,1H3,(H,8,11). The summed E-state index contributed by atoms with van der Waals surface area (Å²) in [5, 5.41) is 4.57. The zero-order chi connectivity index (χ0) is 8.55. The second kappa shape index (κ2) is 2.63. The number of hydrogen-bond donors (Lipinski definition) is 1. The maximum absolute atomic E-state index is 11.1. The molecule has 5 nitrogen and oxygen atoms in total. The number of aromatic nitrogens is 4. The van der Waals surface area contributed by atoms with Gasteiger partial charge >= 0.3 is 5.69 Å². The normalized spacial score (nSPS) is 10.8. The molecule has 0 unspecified atom stereocenters. The molecular weight excluding hydrogens is 176 g/mol. The van der Waals surface area contributed by atoms with Crippen LogP contribution in [0.5, 0.6) is 0 Å². The van der Waals surface area contributed by atoms with E-state index in [1.165, 1.54) is 16.3 Å². The van der Waals surface area contributed by atoms with Crippen molar-refractivity contribution in [2.24, 2.45) is 0 Å². The zero-order valence-corrected chi connectivity index (χ0v) is 7.13. The van der Waals surface area contributed by atoms with Crippen molar-refractivity contribution in [2.45, 2.75) is 5.16 Å². The second-order valence-corrected chi connectivity index (χ2v) is 2.95. The van der Waals surface area contributed by atoms with Gasteiger partial charge in [-0.1, -0.05) is 11.8 Å². The van der Waals surface area contributed by atoms with Gasteiger partial charge in [-0.25, -0.2) is 9.78 Å². The van der Waals surface area contributed by atoms with Gasteiger partial charge in [-0.15, -0.1) is 5.10 Å². The predicted molar refractivity (Wildman–Crippen MR) is 45.4 cm³/mol. The molecule has 62 valence electrons. The molecule has 1 N–H and O–H groups in total. The predicted octanol–water partition coefficient (Wildman–Crippen LogP) is 0.139. The van der Waals surface area contributed by atoms with E-state index in [1.54, 1.807) is 12.4 Å². The number of nitrogens with zero attached hydrogens (tertiary/aromatic N) is 3. The smallest absolute Gasteiger partial charge is 0.310 e. The molecule has 0 atom stereocenters. The molecule has 0 aliphatic carbocycles. The van der Waals surface area contributed by atoms with E-state index in [2.05, 4.69) is 15.1 Å². The fourth-order valence-electron chi connectivity index (χ4n) is 0.897. The van der Waals surface area contributed by atoms with Crippen LogP contribution < -0.4 is 5.69 Å². The molecular formula is C6H6N4OS. The summed E-state index contributed by atoms with van der Waals surface area (Å²) in [5.74, 6) is 0. The molecule has 2 aromatic rings. The van der Waals surface area contributed by atoms with Gasteiger partial charge in [0.05, 0.1) is 6.20 Å². The third-order valence-corrected chi connectivity index (χ3v) is 2.01. The molecule has 0 radical (unpaired) electrons. The molecule has 0 saturated heterocycles. The quantitative estimate of drug-likeness (QED) is 0.637. The summed E-state index contributed by atoms with van der Waals surface area (Å²) in [7, 11) is 0. The number of H-pyrrole nitrogens is 1. The highest BCUT2D eigenvalue weighted by atomic mass is 32.2. The van der Waals surface area contributed by atoms with E-state index in [4.69, 9.17) is 0 Å². The van der Waals surface area contributed by atoms with Crippen molar-refractivity contribution in [2.75, 3.05) is 6.26 Å². The van der Waals surface area contributed by atoms with Crippen molar-refractivity contribution in [1.29, 1.82) is 0 Å². The van der Waals surface area contributed by atoms with Gasteiger partial charge in [-0.2, -0.15) is 4.52 Å². The first-order chi connectivity index (χ1) is 5.81. The minimum atomic E-state index is -0.234. The number of nitrogens with one attached hydrogen (secondary N) is 1. The van der Waals surface area contributed by atoms with Crippen LogP contribution in [0.2, 0.25) is 0 Å². The maximum atomic E-state index is 11.1. The Morgan fingerprint density at radius 1 is 1.67 bits per heavy atom. The molecule has 12 heavy (non-hydrogen) atoms. The molecule has 2 aromatic heterocycles. The van der Waals surface area contributed by atoms with E-state index < -0.39 is 0 Å². The van der Waals surface area contributed by atoms with Crippen LogP contribution in [0.1, 0.15) is 0 Å². The first kappa shape index (κ1) is 7.35. The number of imidazole rings is 1. The van der Waals surface area contributed by atoms with Gasteiger partial charge in [0.25, 0.3) is 0 Å². The Hall–Kier alpha value is -1.30. The Morgan fingerprint density at radius 2 is 2.50 bits per heavy atom. The summed E-state index contributed by atoms with van der Waals surface area (Å²) >= 11 is 1.40. The average molecular weight is 182 g/mol. The molecule has 0 spiro atoms. The summed E-state index contributed by atoms with van der Waals surface area (Å²) in [6.45, 7) is 0. The number of thioether (sulfide) groups is 1. The van der Waals surface area contributed by atoms with Crippen LogP contribution in [0.4, 0.5) is 0 Å². The molecule has 2 rings (SSSR count). The zero-order valence-electron chi connectivity index (χ0n) is 6.31. The molecule has 0 fully saturated rings. The van der Waals surface area contributed by atoms with Crippen LogP contribution in [0.3, 0.4) is 0 Å². The number of hydrogen-bond acceptors (Lipinski definition) is 4. The summed E-state index contributed by atoms with van der Waals surface area (Å²) < 4.78 is 1.29. The summed E-state index contributed by atoms with van der Waals surface area (Å²) in [6, 6.07) is 0. The van der Waals surface area contributed by atoms with Gasteiger partial charge in [0.1, 0.15) is 5.52 Å². The van der Waals surface area contributed by atoms with E-state index in [9.17, 15) is 4.79 Å². The fraction of sp³-hybridized carbons (Fsp3) is 0.167. The molecule has 0 aromatic carbocycles. The van der Waals surface area contributed by atoms with E-state index in [0.29, 0.717) is 10.7 Å². The van der Waals surface area contributed by atoms with E-state index in [0.717, 1.165) is 0 Å². The minimum Gasteiger partial charge on any atom is -0.310 e. The van der Waals surface area contributed by atoms with E-state index >= 15 is 0 Å². The summed E-state index contributed by atoms with van der Waals surface area (Å²) in [5.41, 5.74) is 0.445. The highest BCUT2D eigenvalue weighted by Crippen LogP contribution is 2.05. The van der Waals surface area contributed by atoms with Crippen LogP contribution in [-0.2, 0) is 0 Å². The first-order valence-electron chi connectivity index (χ1n) is 3.29. The Kier molecular flexibility index (Phi) is 1.61. The lowest BCUT2D eigenvalue weighted by Crippen LogP contribution is -2.12. The molecule has 0 aliphatic rings. The van der Waals surface area contributed by atoms with Crippen LogP contribution in [0.25, 0.3) is 5.52 Å². The van der Waals surface area contributed by atoms with Gasteiger partial charge in [-0.05, 0) is 6.26 Å². The highest BCUT2D eigenvalue weighted by molar-refractivity contribution is 7.98. The van der Waals surface area contributed by atoms with Crippen molar-refractivity contribution in [3.05, 3.63) is 22.9 Å². The Labute approximate surface area is 71.8 Å². The third-order valence-electron chi connectivity index (χ3n) is 1.46. The van der Waals surface area contributed by atoms with Gasteiger partial charge < -0.3 is 4.98 Å². The molecule has 0 bridgehead atoms. The fourth-order valence-corrected chi connectivity index (χ4v) is 1.22. The minimum absolute atomic E-state index is 0.234. The molecule has 6 heteroatoms. The third kappa shape index (κ3) is 1.00. The largest absolute Gasteiger partial charge is 0.346 e. The van der Waals surface area contributed by atoms with Crippen molar-refractivity contribution >= 4 is 17.3 Å².